The Kier molecular flexibility index (Phi) is 7.86. The van der Waals surface area contributed by atoms with Crippen molar-refractivity contribution in [2.24, 2.45) is 5.16 Å². The molecule has 144 valence electrons. The molecule has 2 aromatic rings. The van der Waals surface area contributed by atoms with Crippen LogP contribution >= 0.6 is 46.4 Å². The summed E-state index contributed by atoms with van der Waals surface area (Å²) in [7, 11) is 2.97. The van der Waals surface area contributed by atoms with E-state index in [1.807, 2.05) is 0 Å². The Morgan fingerprint density at radius 1 is 1.04 bits per heavy atom. The zero-order valence-corrected chi connectivity index (χ0v) is 17.2. The van der Waals surface area contributed by atoms with E-state index in [1.165, 1.54) is 32.6 Å². The average Bonchev–Trinajstić information content (AvgIpc) is 2.61. The molecule has 10 heteroatoms. The molecule has 1 N–H and O–H groups in total. The maximum absolute atomic E-state index is 11.9. The Labute approximate surface area is 175 Å². The van der Waals surface area contributed by atoms with Gasteiger partial charge >= 0.3 is 0 Å². The molecule has 0 fully saturated rings. The largest absolute Gasteiger partial charge is 0.493 e. The van der Waals surface area contributed by atoms with Crippen molar-refractivity contribution in [3.63, 3.8) is 0 Å². The number of halogens is 4. The number of amides is 1. The Bertz CT molecular complexity index is 851. The molecule has 27 heavy (non-hydrogen) atoms. The van der Waals surface area contributed by atoms with E-state index in [-0.39, 0.29) is 22.3 Å². The number of benzene rings is 2. The highest BCUT2D eigenvalue weighted by atomic mass is 35.5. The minimum Gasteiger partial charge on any atom is -0.493 e. The summed E-state index contributed by atoms with van der Waals surface area (Å²) in [5, 5.41) is 7.39. The number of hydrogen-bond donors (Lipinski definition) is 1. The summed E-state index contributed by atoms with van der Waals surface area (Å²) in [6.45, 7) is -0.354. The number of oxime groups is 1. The van der Waals surface area contributed by atoms with Gasteiger partial charge in [-0.05, 0) is 24.3 Å². The first kappa shape index (κ1) is 21.4. The molecule has 0 saturated heterocycles. The number of hydrogen-bond acceptors (Lipinski definition) is 5. The van der Waals surface area contributed by atoms with Crippen LogP contribution in [0.5, 0.6) is 11.5 Å². The lowest BCUT2D eigenvalue weighted by atomic mass is 10.2. The molecule has 1 amide bonds. The van der Waals surface area contributed by atoms with Crippen molar-refractivity contribution < 1.29 is 19.1 Å². The highest BCUT2D eigenvalue weighted by molar-refractivity contribution is 6.42. The summed E-state index contributed by atoms with van der Waals surface area (Å²) in [4.78, 5) is 16.9. The Morgan fingerprint density at radius 2 is 1.70 bits per heavy atom. The maximum Gasteiger partial charge on any atom is 0.265 e. The normalized spacial score (nSPS) is 10.7. The van der Waals surface area contributed by atoms with Gasteiger partial charge in [0.2, 0.25) is 0 Å². The SMILES string of the molecule is COc1cc(/C=N/OCC(=O)Nc2c(Cl)cc(Cl)cc2Cl)cc(Cl)c1OC. The predicted octanol–water partition coefficient (Wildman–Crippen LogP) is 5.31. The van der Waals surface area contributed by atoms with Gasteiger partial charge in [0.15, 0.2) is 18.1 Å². The first-order valence-electron chi connectivity index (χ1n) is 7.37. The first-order chi connectivity index (χ1) is 12.8. The number of nitrogens with one attached hydrogen (secondary N) is 1. The molecule has 0 radical (unpaired) electrons. The molecule has 0 aliphatic carbocycles. The summed E-state index contributed by atoms with van der Waals surface area (Å²) in [6, 6.07) is 6.20. The summed E-state index contributed by atoms with van der Waals surface area (Å²) in [6.07, 6.45) is 1.38. The van der Waals surface area contributed by atoms with Gasteiger partial charge in [-0.3, -0.25) is 4.79 Å². The van der Waals surface area contributed by atoms with Gasteiger partial charge in [0, 0.05) is 10.6 Å². The van der Waals surface area contributed by atoms with Crippen molar-refractivity contribution in [1.82, 2.24) is 0 Å². The molecule has 0 spiro atoms. The van der Waals surface area contributed by atoms with Crippen LogP contribution in [0, 0.1) is 0 Å². The molecule has 0 unspecified atom stereocenters. The molecule has 0 bridgehead atoms. The third-order valence-electron chi connectivity index (χ3n) is 3.20. The lowest BCUT2D eigenvalue weighted by Crippen LogP contribution is -2.17. The second kappa shape index (κ2) is 9.90. The van der Waals surface area contributed by atoms with Crippen LogP contribution in [0.3, 0.4) is 0 Å². The van der Waals surface area contributed by atoms with Gasteiger partial charge in [0.05, 0.1) is 41.2 Å². The molecule has 0 aromatic heterocycles. The summed E-state index contributed by atoms with van der Waals surface area (Å²) < 4.78 is 10.3. The third kappa shape index (κ3) is 5.81. The van der Waals surface area contributed by atoms with Crippen molar-refractivity contribution in [1.29, 1.82) is 0 Å². The van der Waals surface area contributed by atoms with Gasteiger partial charge in [-0.15, -0.1) is 0 Å². The molecule has 2 rings (SSSR count). The second-order valence-corrected chi connectivity index (χ2v) is 6.70. The van der Waals surface area contributed by atoms with Crippen LogP contribution in [0.4, 0.5) is 5.69 Å². The molecule has 0 aliphatic heterocycles. The van der Waals surface area contributed by atoms with E-state index in [4.69, 9.17) is 60.7 Å². The minimum absolute atomic E-state index is 0.212. The van der Waals surface area contributed by atoms with E-state index in [9.17, 15) is 4.79 Å². The van der Waals surface area contributed by atoms with E-state index < -0.39 is 5.91 Å². The van der Waals surface area contributed by atoms with Crippen LogP contribution in [0.2, 0.25) is 20.1 Å². The first-order valence-corrected chi connectivity index (χ1v) is 8.88. The van der Waals surface area contributed by atoms with Crippen LogP contribution in [0.15, 0.2) is 29.4 Å². The standard InChI is InChI=1S/C17H14Cl4N2O4/c1-25-14-4-9(3-13(21)17(14)26-2)7-22-27-8-15(24)23-16-11(19)5-10(18)6-12(16)20/h3-7H,8H2,1-2H3,(H,23,24)/b22-7+. The molecule has 0 saturated carbocycles. The highest BCUT2D eigenvalue weighted by Crippen LogP contribution is 2.35. The minimum atomic E-state index is -0.497. The zero-order valence-electron chi connectivity index (χ0n) is 14.2. The van der Waals surface area contributed by atoms with E-state index in [0.29, 0.717) is 27.1 Å². The van der Waals surface area contributed by atoms with E-state index in [1.54, 1.807) is 12.1 Å². The highest BCUT2D eigenvalue weighted by Gasteiger charge is 2.12. The van der Waals surface area contributed by atoms with Crippen molar-refractivity contribution >= 4 is 64.2 Å². The van der Waals surface area contributed by atoms with Crippen LogP contribution in [-0.4, -0.2) is 32.9 Å². The van der Waals surface area contributed by atoms with Crippen molar-refractivity contribution in [2.45, 2.75) is 0 Å². The fraction of sp³-hybridized carbons (Fsp3) is 0.176. The van der Waals surface area contributed by atoms with Gasteiger partial charge in [0.1, 0.15) is 0 Å². The van der Waals surface area contributed by atoms with Gasteiger partial charge < -0.3 is 19.6 Å². The monoisotopic (exact) mass is 450 g/mol. The number of anilines is 1. The Balaban J connectivity index is 1.96. The Morgan fingerprint density at radius 3 is 2.30 bits per heavy atom. The number of rotatable bonds is 7. The summed E-state index contributed by atoms with van der Waals surface area (Å²) in [5.41, 5.74) is 0.842. The zero-order chi connectivity index (χ0) is 20.0. The van der Waals surface area contributed by atoms with Gasteiger partial charge in [-0.1, -0.05) is 51.6 Å². The average molecular weight is 452 g/mol. The Hall–Kier alpha value is -1.86. The number of methoxy groups -OCH3 is 2. The number of nitrogens with zero attached hydrogens (tertiary/aromatic N) is 1. The van der Waals surface area contributed by atoms with Crippen LogP contribution in [0.1, 0.15) is 5.56 Å². The lowest BCUT2D eigenvalue weighted by Gasteiger charge is -2.10. The molecule has 0 heterocycles. The molecular weight excluding hydrogens is 438 g/mol. The van der Waals surface area contributed by atoms with E-state index in [0.717, 1.165) is 0 Å². The van der Waals surface area contributed by atoms with Crippen LogP contribution < -0.4 is 14.8 Å². The lowest BCUT2D eigenvalue weighted by molar-refractivity contribution is -0.120. The predicted molar refractivity (Wildman–Crippen MR) is 108 cm³/mol. The number of ether oxygens (including phenoxy) is 2. The van der Waals surface area contributed by atoms with E-state index >= 15 is 0 Å². The fourth-order valence-corrected chi connectivity index (χ4v) is 3.25. The van der Waals surface area contributed by atoms with Gasteiger partial charge in [-0.2, -0.15) is 0 Å². The molecule has 2 aromatic carbocycles. The molecule has 0 aliphatic rings. The summed E-state index contributed by atoms with van der Waals surface area (Å²) in [5.74, 6) is 0.355. The fourth-order valence-electron chi connectivity index (χ4n) is 2.04. The van der Waals surface area contributed by atoms with Gasteiger partial charge in [-0.25, -0.2) is 0 Å². The van der Waals surface area contributed by atoms with Crippen molar-refractivity contribution in [3.05, 3.63) is 49.9 Å². The molecule has 6 nitrogen and oxygen atoms in total. The second-order valence-electron chi connectivity index (χ2n) is 5.04. The molecule has 0 atom stereocenters. The van der Waals surface area contributed by atoms with Crippen LogP contribution in [-0.2, 0) is 9.63 Å². The topological polar surface area (TPSA) is 69.2 Å². The summed E-state index contributed by atoms with van der Waals surface area (Å²) >= 11 is 23.9. The van der Waals surface area contributed by atoms with Gasteiger partial charge in [0.25, 0.3) is 5.91 Å². The quantitative estimate of drug-likeness (QED) is 0.457. The molecular formula is C17H14Cl4N2O4. The maximum atomic E-state index is 11.9. The number of carbonyl (C=O) groups excluding carboxylic acids is 1. The van der Waals surface area contributed by atoms with E-state index in [2.05, 4.69) is 10.5 Å². The van der Waals surface area contributed by atoms with Crippen molar-refractivity contribution in [2.75, 3.05) is 26.1 Å². The third-order valence-corrected chi connectivity index (χ3v) is 4.29. The smallest absolute Gasteiger partial charge is 0.265 e. The van der Waals surface area contributed by atoms with Crippen molar-refractivity contribution in [3.8, 4) is 11.5 Å². The number of carbonyl (C=O) groups is 1. The van der Waals surface area contributed by atoms with Crippen LogP contribution in [0.25, 0.3) is 0 Å².